The van der Waals surface area contributed by atoms with Gasteiger partial charge in [-0.2, -0.15) is 0 Å². The molecule has 4 rings (SSSR count). The van der Waals surface area contributed by atoms with Crippen molar-refractivity contribution in [1.29, 1.82) is 0 Å². The van der Waals surface area contributed by atoms with E-state index in [2.05, 4.69) is 31.9 Å². The highest BCUT2D eigenvalue weighted by atomic mass is 16.5. The van der Waals surface area contributed by atoms with Crippen molar-refractivity contribution in [2.75, 3.05) is 20.7 Å². The van der Waals surface area contributed by atoms with Gasteiger partial charge in [0.15, 0.2) is 11.5 Å². The van der Waals surface area contributed by atoms with Crippen molar-refractivity contribution in [2.45, 2.75) is 51.0 Å². The molecule has 2 aliphatic carbocycles. The van der Waals surface area contributed by atoms with Crippen LogP contribution in [0.3, 0.4) is 0 Å². The molecule has 0 aromatic heterocycles. The van der Waals surface area contributed by atoms with E-state index in [1.165, 1.54) is 24.0 Å². The van der Waals surface area contributed by atoms with Crippen LogP contribution in [0.15, 0.2) is 12.1 Å². The lowest BCUT2D eigenvalue weighted by Gasteiger charge is -2.60. The molecule has 3 aliphatic rings. The summed E-state index contributed by atoms with van der Waals surface area (Å²) in [5.41, 5.74) is 2.72. The van der Waals surface area contributed by atoms with E-state index in [4.69, 9.17) is 4.74 Å². The number of hydrogen-bond donors (Lipinski definition) is 1. The van der Waals surface area contributed by atoms with Crippen LogP contribution in [0.1, 0.15) is 44.2 Å². The number of methoxy groups -OCH3 is 1. The third-order valence-corrected chi connectivity index (χ3v) is 7.31. The lowest BCUT2D eigenvalue weighted by molar-refractivity contribution is -0.0307. The Morgan fingerprint density at radius 1 is 1.26 bits per heavy atom. The summed E-state index contributed by atoms with van der Waals surface area (Å²) < 4.78 is 5.43. The number of fused-ring (bicyclic) bond motifs is 1. The number of likely N-dealkylation sites (N-methyl/N-ethyl adjacent to an activating group) is 1. The molecule has 1 N–H and O–H groups in total. The van der Waals surface area contributed by atoms with E-state index in [1.807, 2.05) is 6.07 Å². The molecular weight excluding hydrogens is 286 g/mol. The Hall–Kier alpha value is -1.22. The second-order valence-corrected chi connectivity index (χ2v) is 8.31. The first kappa shape index (κ1) is 15.3. The molecule has 3 nitrogen and oxygen atoms in total. The quantitative estimate of drug-likeness (QED) is 0.860. The number of phenolic OH excluding ortho intramolecular Hbond substituents is 1. The highest BCUT2D eigenvalue weighted by Gasteiger charge is 2.56. The zero-order valence-corrected chi connectivity index (χ0v) is 14.8. The maximum atomic E-state index is 11.0. The Kier molecular flexibility index (Phi) is 3.42. The van der Waals surface area contributed by atoms with Gasteiger partial charge in [0, 0.05) is 17.0 Å². The lowest BCUT2D eigenvalue weighted by Crippen LogP contribution is -2.61. The topological polar surface area (TPSA) is 32.7 Å². The van der Waals surface area contributed by atoms with Gasteiger partial charge in [0.1, 0.15) is 0 Å². The van der Waals surface area contributed by atoms with Gasteiger partial charge in [-0.15, -0.1) is 0 Å². The monoisotopic (exact) mass is 315 g/mol. The minimum atomic E-state index is 0.148. The smallest absolute Gasteiger partial charge is 0.161 e. The third-order valence-electron chi connectivity index (χ3n) is 7.31. The van der Waals surface area contributed by atoms with Crippen LogP contribution in [0.2, 0.25) is 0 Å². The summed E-state index contributed by atoms with van der Waals surface area (Å²) in [4.78, 5) is 2.57. The molecule has 3 heteroatoms. The maximum Gasteiger partial charge on any atom is 0.161 e. The predicted molar refractivity (Wildman–Crippen MR) is 92.1 cm³/mol. The molecule has 2 bridgehead atoms. The van der Waals surface area contributed by atoms with Crippen LogP contribution >= 0.6 is 0 Å². The summed E-state index contributed by atoms with van der Waals surface area (Å²) in [7, 11) is 3.94. The molecule has 0 spiro atoms. The van der Waals surface area contributed by atoms with Crippen molar-refractivity contribution in [2.24, 2.45) is 17.8 Å². The molecule has 2 fully saturated rings. The van der Waals surface area contributed by atoms with Crippen LogP contribution in [0.4, 0.5) is 0 Å². The molecule has 1 heterocycles. The molecule has 1 aromatic rings. The summed E-state index contributed by atoms with van der Waals surface area (Å²) in [5, 5.41) is 11.0. The number of aromatic hydroxyl groups is 1. The predicted octanol–water partition coefficient (Wildman–Crippen LogP) is 3.58. The van der Waals surface area contributed by atoms with Crippen molar-refractivity contribution < 1.29 is 9.84 Å². The summed E-state index contributed by atoms with van der Waals surface area (Å²) in [5.74, 6) is 3.21. The zero-order chi connectivity index (χ0) is 16.4. The maximum absolute atomic E-state index is 11.0. The Morgan fingerprint density at radius 3 is 2.78 bits per heavy atom. The molecule has 0 amide bonds. The Balaban J connectivity index is 1.92. The average Bonchev–Trinajstić information content (AvgIpc) is 2.52. The molecule has 5 atom stereocenters. The molecule has 126 valence electrons. The zero-order valence-electron chi connectivity index (χ0n) is 14.8. The number of ether oxygens (including phenoxy) is 1. The van der Waals surface area contributed by atoms with E-state index in [0.717, 1.165) is 25.3 Å². The van der Waals surface area contributed by atoms with Crippen LogP contribution in [0.5, 0.6) is 11.5 Å². The van der Waals surface area contributed by atoms with Crippen molar-refractivity contribution in [1.82, 2.24) is 4.90 Å². The molecule has 0 radical (unpaired) electrons. The fraction of sp³-hybridized carbons (Fsp3) is 0.700. The Bertz CT molecular complexity index is 628. The van der Waals surface area contributed by atoms with Crippen LogP contribution < -0.4 is 4.74 Å². The first-order valence-electron chi connectivity index (χ1n) is 9.07. The van der Waals surface area contributed by atoms with Gasteiger partial charge in [-0.05, 0) is 68.7 Å². The van der Waals surface area contributed by atoms with Gasteiger partial charge in [0.25, 0.3) is 0 Å². The molecule has 1 aromatic carbocycles. The minimum absolute atomic E-state index is 0.148. The second kappa shape index (κ2) is 5.14. The Morgan fingerprint density at radius 2 is 2.04 bits per heavy atom. The van der Waals surface area contributed by atoms with Crippen LogP contribution in [0, 0.1) is 17.8 Å². The standard InChI is InChI=1S/C20H29NO2/c1-12-9-15-16-10-14-5-6-17(23-4)19(22)18(14)20(15,11-13(12)2)7-8-21(16)3/h5-6,12-13,15-16,22H,7-11H2,1-4H3/t12?,13?,15-,16+,20-/m1/s1. The normalized spacial score (nSPS) is 39.5. The fourth-order valence-corrected chi connectivity index (χ4v) is 5.89. The van der Waals surface area contributed by atoms with Crippen LogP contribution in [-0.2, 0) is 11.8 Å². The van der Waals surface area contributed by atoms with E-state index in [1.54, 1.807) is 7.11 Å². The third kappa shape index (κ3) is 1.98. The summed E-state index contributed by atoms with van der Waals surface area (Å²) in [6, 6.07) is 4.76. The fourth-order valence-electron chi connectivity index (χ4n) is 5.89. The molecule has 1 saturated heterocycles. The second-order valence-electron chi connectivity index (χ2n) is 8.31. The van der Waals surface area contributed by atoms with Crippen molar-refractivity contribution >= 4 is 0 Å². The largest absolute Gasteiger partial charge is 0.504 e. The van der Waals surface area contributed by atoms with Crippen LogP contribution in [0.25, 0.3) is 0 Å². The molecule has 2 unspecified atom stereocenters. The van der Waals surface area contributed by atoms with Gasteiger partial charge < -0.3 is 14.7 Å². The summed E-state index contributed by atoms with van der Waals surface area (Å²) in [6.07, 6.45) is 4.72. The van der Waals surface area contributed by atoms with Crippen molar-refractivity contribution in [3.8, 4) is 11.5 Å². The van der Waals surface area contributed by atoms with E-state index in [9.17, 15) is 5.11 Å². The molecular formula is C20H29NO2. The van der Waals surface area contributed by atoms with E-state index >= 15 is 0 Å². The molecule has 23 heavy (non-hydrogen) atoms. The molecule has 1 aliphatic heterocycles. The van der Waals surface area contributed by atoms with Gasteiger partial charge in [-0.3, -0.25) is 0 Å². The number of rotatable bonds is 1. The number of likely N-dealkylation sites (tertiary alicyclic amines) is 1. The SMILES string of the molecule is COc1ccc2c(c1O)[C@@]13CCN(C)[C@@H](C2)[C@H]1CC(C)C(C)C3. The van der Waals surface area contributed by atoms with Crippen LogP contribution in [-0.4, -0.2) is 36.8 Å². The van der Waals surface area contributed by atoms with Crippen molar-refractivity contribution in [3.63, 3.8) is 0 Å². The highest BCUT2D eigenvalue weighted by Crippen LogP contribution is 2.60. The number of piperidine rings is 1. The Labute approximate surface area is 139 Å². The summed E-state index contributed by atoms with van der Waals surface area (Å²) in [6.45, 7) is 5.95. The highest BCUT2D eigenvalue weighted by molar-refractivity contribution is 5.56. The minimum Gasteiger partial charge on any atom is -0.504 e. The summed E-state index contributed by atoms with van der Waals surface area (Å²) >= 11 is 0. The first-order valence-corrected chi connectivity index (χ1v) is 9.07. The molecule has 1 saturated carbocycles. The van der Waals surface area contributed by atoms with Gasteiger partial charge in [-0.1, -0.05) is 19.9 Å². The number of hydrogen-bond acceptors (Lipinski definition) is 3. The van der Waals surface area contributed by atoms with Gasteiger partial charge in [0.2, 0.25) is 0 Å². The van der Waals surface area contributed by atoms with E-state index in [-0.39, 0.29) is 5.41 Å². The van der Waals surface area contributed by atoms with Gasteiger partial charge >= 0.3 is 0 Å². The van der Waals surface area contributed by atoms with E-state index < -0.39 is 0 Å². The number of phenols is 1. The lowest BCUT2D eigenvalue weighted by atomic mass is 9.49. The number of nitrogens with zero attached hydrogens (tertiary/aromatic N) is 1. The van der Waals surface area contributed by atoms with Crippen molar-refractivity contribution in [3.05, 3.63) is 23.3 Å². The van der Waals surface area contributed by atoms with Gasteiger partial charge in [0.05, 0.1) is 7.11 Å². The average molecular weight is 315 g/mol. The van der Waals surface area contributed by atoms with E-state index in [0.29, 0.717) is 29.4 Å². The first-order chi connectivity index (χ1) is 11.0. The van der Waals surface area contributed by atoms with Gasteiger partial charge in [-0.25, -0.2) is 0 Å². The number of benzene rings is 1.